The zero-order chi connectivity index (χ0) is 18.1. The van der Waals surface area contributed by atoms with Gasteiger partial charge in [0.2, 0.25) is 5.78 Å². The van der Waals surface area contributed by atoms with Crippen LogP contribution in [0.4, 0.5) is 5.69 Å². The first kappa shape index (κ1) is 16.0. The second-order valence-corrected chi connectivity index (χ2v) is 6.36. The monoisotopic (exact) mass is 342 g/mol. The molecule has 4 aromatic rings. The number of hydrogen-bond acceptors (Lipinski definition) is 3. The second-order valence-electron chi connectivity index (χ2n) is 6.36. The molecule has 0 unspecified atom stereocenters. The van der Waals surface area contributed by atoms with Crippen molar-refractivity contribution in [1.82, 2.24) is 14.4 Å². The Morgan fingerprint density at radius 2 is 1.77 bits per heavy atom. The molecule has 128 valence electrons. The molecule has 0 radical (unpaired) electrons. The van der Waals surface area contributed by atoms with Crippen molar-refractivity contribution in [3.8, 4) is 11.3 Å². The van der Waals surface area contributed by atoms with Crippen LogP contribution in [0, 0.1) is 13.8 Å². The Morgan fingerprint density at radius 3 is 2.46 bits per heavy atom. The Bertz CT molecular complexity index is 1040. The molecule has 0 aliphatic heterocycles. The van der Waals surface area contributed by atoms with Gasteiger partial charge in [0.1, 0.15) is 0 Å². The molecule has 5 heteroatoms. The summed E-state index contributed by atoms with van der Waals surface area (Å²) in [6, 6.07) is 15.3. The number of anilines is 1. The molecular weight excluding hydrogens is 324 g/mol. The van der Waals surface area contributed by atoms with Gasteiger partial charge in [0, 0.05) is 35.4 Å². The molecule has 2 aromatic heterocycles. The summed E-state index contributed by atoms with van der Waals surface area (Å²) in [5.74, 6) is 0.552. The van der Waals surface area contributed by atoms with Crippen molar-refractivity contribution >= 4 is 17.4 Å². The van der Waals surface area contributed by atoms with Crippen molar-refractivity contribution in [2.75, 3.05) is 5.32 Å². The molecule has 1 N–H and O–H groups in total. The van der Waals surface area contributed by atoms with Gasteiger partial charge in [-0.15, -0.1) is 0 Å². The minimum atomic E-state index is -0.110. The van der Waals surface area contributed by atoms with E-state index in [2.05, 4.69) is 21.4 Å². The van der Waals surface area contributed by atoms with Crippen LogP contribution in [0.15, 0.2) is 67.1 Å². The molecule has 0 bridgehead atoms. The molecule has 0 aliphatic rings. The lowest BCUT2D eigenvalue weighted by Gasteiger charge is -2.08. The molecule has 0 saturated heterocycles. The van der Waals surface area contributed by atoms with Crippen LogP contribution >= 0.6 is 0 Å². The minimum absolute atomic E-state index is 0.110. The fourth-order valence-electron chi connectivity index (χ4n) is 3.00. The lowest BCUT2D eigenvalue weighted by atomic mass is 10.1. The molecule has 0 saturated carbocycles. The molecule has 0 atom stereocenters. The summed E-state index contributed by atoms with van der Waals surface area (Å²) in [7, 11) is 0. The molecule has 1 amide bonds. The highest BCUT2D eigenvalue weighted by molar-refractivity contribution is 6.04. The number of carbonyl (C=O) groups excluding carboxylic acids is 1. The largest absolute Gasteiger partial charge is 0.322 e. The predicted molar refractivity (Wildman–Crippen MR) is 102 cm³/mol. The number of aryl methyl sites for hydroxylation is 2. The van der Waals surface area contributed by atoms with Gasteiger partial charge in [0.15, 0.2) is 0 Å². The summed E-state index contributed by atoms with van der Waals surface area (Å²) in [4.78, 5) is 21.2. The summed E-state index contributed by atoms with van der Waals surface area (Å²) < 4.78 is 1.88. The number of carbonyl (C=O) groups is 1. The lowest BCUT2D eigenvalue weighted by molar-refractivity contribution is 0.102. The molecular formula is C21H18N4O. The van der Waals surface area contributed by atoms with Gasteiger partial charge < -0.3 is 5.32 Å². The first-order valence-electron chi connectivity index (χ1n) is 8.38. The molecule has 2 aromatic carbocycles. The number of imidazole rings is 1. The Hall–Kier alpha value is -3.47. The Labute approximate surface area is 151 Å². The topological polar surface area (TPSA) is 59.3 Å². The third-order valence-corrected chi connectivity index (χ3v) is 4.16. The van der Waals surface area contributed by atoms with Crippen LogP contribution in [0.5, 0.6) is 0 Å². The number of benzene rings is 2. The second kappa shape index (κ2) is 6.44. The van der Waals surface area contributed by atoms with E-state index in [0.717, 1.165) is 28.1 Å². The van der Waals surface area contributed by atoms with Crippen molar-refractivity contribution < 1.29 is 4.79 Å². The van der Waals surface area contributed by atoms with Gasteiger partial charge in [-0.1, -0.05) is 29.3 Å². The Balaban J connectivity index is 1.55. The third-order valence-electron chi connectivity index (χ3n) is 4.16. The van der Waals surface area contributed by atoms with Crippen LogP contribution in [0.2, 0.25) is 0 Å². The predicted octanol–water partition coefficient (Wildman–Crippen LogP) is 4.27. The first-order chi connectivity index (χ1) is 12.6. The number of amides is 1. The number of nitrogens with zero attached hydrogens (tertiary/aromatic N) is 3. The van der Waals surface area contributed by atoms with Gasteiger partial charge in [-0.3, -0.25) is 9.20 Å². The highest BCUT2D eigenvalue weighted by Gasteiger charge is 2.09. The van der Waals surface area contributed by atoms with E-state index in [1.165, 1.54) is 0 Å². The summed E-state index contributed by atoms with van der Waals surface area (Å²) in [5, 5.41) is 2.94. The van der Waals surface area contributed by atoms with Crippen LogP contribution in [-0.4, -0.2) is 20.3 Å². The van der Waals surface area contributed by atoms with Crippen molar-refractivity contribution in [1.29, 1.82) is 0 Å². The van der Waals surface area contributed by atoms with Crippen LogP contribution in [0.25, 0.3) is 17.0 Å². The van der Waals surface area contributed by atoms with E-state index in [9.17, 15) is 4.79 Å². The van der Waals surface area contributed by atoms with Crippen molar-refractivity contribution in [3.05, 3.63) is 83.8 Å². The average Bonchev–Trinajstić information content (AvgIpc) is 3.05. The van der Waals surface area contributed by atoms with Crippen LogP contribution in [0.1, 0.15) is 21.5 Å². The van der Waals surface area contributed by atoms with Crippen LogP contribution in [-0.2, 0) is 0 Å². The first-order valence-corrected chi connectivity index (χ1v) is 8.38. The number of rotatable bonds is 3. The molecule has 4 rings (SSSR count). The van der Waals surface area contributed by atoms with Gasteiger partial charge in [0.25, 0.3) is 5.91 Å². The Morgan fingerprint density at radius 1 is 1.04 bits per heavy atom. The molecule has 0 aliphatic carbocycles. The maximum atomic E-state index is 12.5. The zero-order valence-electron chi connectivity index (χ0n) is 14.6. The number of fused-ring (bicyclic) bond motifs is 1. The van der Waals surface area contributed by atoms with Crippen LogP contribution < -0.4 is 5.32 Å². The highest BCUT2D eigenvalue weighted by Crippen LogP contribution is 2.21. The maximum Gasteiger partial charge on any atom is 0.255 e. The Kier molecular flexibility index (Phi) is 3.97. The van der Waals surface area contributed by atoms with E-state index in [-0.39, 0.29) is 5.91 Å². The number of nitrogens with one attached hydrogen (secondary N) is 1. The average molecular weight is 342 g/mol. The maximum absolute atomic E-state index is 12.5. The summed E-state index contributed by atoms with van der Waals surface area (Å²) in [6.07, 6.45) is 5.57. The highest BCUT2D eigenvalue weighted by atomic mass is 16.1. The van der Waals surface area contributed by atoms with E-state index in [0.29, 0.717) is 11.3 Å². The van der Waals surface area contributed by atoms with Gasteiger partial charge in [-0.2, -0.15) is 0 Å². The van der Waals surface area contributed by atoms with E-state index in [1.807, 2.05) is 73.1 Å². The smallest absolute Gasteiger partial charge is 0.255 e. The van der Waals surface area contributed by atoms with E-state index < -0.39 is 0 Å². The summed E-state index contributed by atoms with van der Waals surface area (Å²) >= 11 is 0. The summed E-state index contributed by atoms with van der Waals surface area (Å²) in [5.41, 5.74) is 5.38. The number of hydrogen-bond donors (Lipinski definition) is 1. The van der Waals surface area contributed by atoms with E-state index in [4.69, 9.17) is 0 Å². The van der Waals surface area contributed by atoms with E-state index in [1.54, 1.807) is 6.20 Å². The normalized spacial score (nSPS) is 10.8. The zero-order valence-corrected chi connectivity index (χ0v) is 14.6. The van der Waals surface area contributed by atoms with E-state index >= 15 is 0 Å². The lowest BCUT2D eigenvalue weighted by Crippen LogP contribution is -2.12. The van der Waals surface area contributed by atoms with Gasteiger partial charge in [-0.05, 0) is 44.2 Å². The fourth-order valence-corrected chi connectivity index (χ4v) is 3.00. The van der Waals surface area contributed by atoms with Crippen LogP contribution in [0.3, 0.4) is 0 Å². The van der Waals surface area contributed by atoms with Crippen molar-refractivity contribution in [2.24, 2.45) is 0 Å². The molecule has 0 fully saturated rings. The van der Waals surface area contributed by atoms with Crippen molar-refractivity contribution in [2.45, 2.75) is 13.8 Å². The van der Waals surface area contributed by atoms with Gasteiger partial charge in [0.05, 0.1) is 5.69 Å². The number of aromatic nitrogens is 3. The fraction of sp³-hybridized carbons (Fsp3) is 0.0952. The molecule has 26 heavy (non-hydrogen) atoms. The molecule has 0 spiro atoms. The van der Waals surface area contributed by atoms with Gasteiger partial charge >= 0.3 is 0 Å². The van der Waals surface area contributed by atoms with Gasteiger partial charge in [-0.25, -0.2) is 9.97 Å². The quantitative estimate of drug-likeness (QED) is 0.605. The summed E-state index contributed by atoms with van der Waals surface area (Å²) in [6.45, 7) is 3.98. The SMILES string of the molecule is Cc1cc(C)cc(C(=O)Nc2ccc(-c3cn4cccnc4n3)cc2)c1. The third kappa shape index (κ3) is 3.19. The minimum Gasteiger partial charge on any atom is -0.322 e. The molecule has 2 heterocycles. The standard InChI is InChI=1S/C21H18N4O/c1-14-10-15(2)12-17(11-14)20(26)23-18-6-4-16(5-7-18)19-13-25-9-3-8-22-21(25)24-19/h3-13H,1-2H3,(H,23,26). The molecule has 5 nitrogen and oxygen atoms in total. The van der Waals surface area contributed by atoms with Crippen molar-refractivity contribution in [3.63, 3.8) is 0 Å².